The smallest absolute Gasteiger partial charge is 0.159 e. The Balaban J connectivity index is 0.000000677. The van der Waals surface area contributed by atoms with E-state index < -0.39 is 0 Å². The summed E-state index contributed by atoms with van der Waals surface area (Å²) in [5.41, 5.74) is 2.60. The fraction of sp³-hybridized carbons (Fsp3) is 0.111. The normalized spacial score (nSPS) is 10.3. The van der Waals surface area contributed by atoms with E-state index in [9.17, 15) is 0 Å². The van der Waals surface area contributed by atoms with Gasteiger partial charge in [0.1, 0.15) is 0 Å². The number of hydrogen-bond acceptors (Lipinski definition) is 1. The Labute approximate surface area is 131 Å². The van der Waals surface area contributed by atoms with Gasteiger partial charge < -0.3 is 0 Å². The average Bonchev–Trinajstić information content (AvgIpc) is 2.55. The second kappa shape index (κ2) is 9.67. The molecule has 0 aliphatic rings. The van der Waals surface area contributed by atoms with Crippen molar-refractivity contribution in [1.82, 2.24) is 0 Å². The molecule has 21 heavy (non-hydrogen) atoms. The van der Waals surface area contributed by atoms with E-state index in [-0.39, 0.29) is 0 Å². The van der Waals surface area contributed by atoms with Gasteiger partial charge in [0.05, 0.1) is 5.70 Å². The molecule has 0 unspecified atom stereocenters. The molecule has 0 N–H and O–H groups in total. The van der Waals surface area contributed by atoms with Crippen molar-refractivity contribution in [2.45, 2.75) is 6.92 Å². The fourth-order valence-electron chi connectivity index (χ4n) is 1.60. The summed E-state index contributed by atoms with van der Waals surface area (Å²) in [7, 11) is 0. The van der Waals surface area contributed by atoms with Gasteiger partial charge in [0.25, 0.3) is 0 Å². The molecule has 2 aromatic carbocycles. The fourth-order valence-corrected chi connectivity index (χ4v) is 1.60. The lowest BCUT2D eigenvalue weighted by molar-refractivity contribution is 1.46. The van der Waals surface area contributed by atoms with Crippen LogP contribution in [-0.2, 0) is 0 Å². The summed E-state index contributed by atoms with van der Waals surface area (Å²) >= 11 is 5.00. The largest absolute Gasteiger partial charge is 0.245 e. The van der Waals surface area contributed by atoms with Crippen LogP contribution in [0.3, 0.4) is 0 Å². The maximum absolute atomic E-state index is 5.00. The molecule has 0 fully saturated rings. The maximum Gasteiger partial charge on any atom is 0.159 e. The quantitative estimate of drug-likeness (QED) is 0.430. The molecular weight excluding hydrogens is 280 g/mol. The van der Waals surface area contributed by atoms with E-state index in [2.05, 4.69) is 23.3 Å². The lowest BCUT2D eigenvalue weighted by Crippen LogP contribution is -1.96. The Bertz CT molecular complexity index is 589. The monoisotopic (exact) mass is 298 g/mol. The highest BCUT2D eigenvalue weighted by molar-refractivity contribution is 6.17. The van der Waals surface area contributed by atoms with Crippen molar-refractivity contribution < 1.29 is 0 Å². The second-order valence-electron chi connectivity index (χ2n) is 4.04. The predicted octanol–water partition coefficient (Wildman–Crippen LogP) is 5.05. The molecule has 0 saturated carbocycles. The van der Waals surface area contributed by atoms with Gasteiger partial charge in [0.2, 0.25) is 0 Å². The molecule has 0 aliphatic carbocycles. The lowest BCUT2D eigenvalue weighted by Gasteiger charge is -2.03. The van der Waals surface area contributed by atoms with Crippen LogP contribution in [0.25, 0.3) is 5.70 Å². The van der Waals surface area contributed by atoms with Gasteiger partial charge in [-0.25, -0.2) is 9.98 Å². The molecule has 2 rings (SSSR count). The molecular formula is C18H19ClN2. The van der Waals surface area contributed by atoms with Crippen molar-refractivity contribution in [3.05, 3.63) is 78.4 Å². The molecule has 108 valence electrons. The summed E-state index contributed by atoms with van der Waals surface area (Å²) in [6, 6.07) is 19.6. The molecule has 0 amide bonds. The van der Waals surface area contributed by atoms with Gasteiger partial charge in [-0.15, -0.1) is 11.6 Å². The minimum atomic E-state index is 0.587. The van der Waals surface area contributed by atoms with Crippen LogP contribution in [0.2, 0.25) is 0 Å². The van der Waals surface area contributed by atoms with Crippen LogP contribution in [0.5, 0.6) is 0 Å². The Kier molecular flexibility index (Phi) is 7.77. The van der Waals surface area contributed by atoms with Gasteiger partial charge in [-0.05, 0) is 12.3 Å². The van der Waals surface area contributed by atoms with Gasteiger partial charge in [-0.2, -0.15) is 0 Å². The van der Waals surface area contributed by atoms with Crippen LogP contribution in [0.4, 0.5) is 0 Å². The first-order valence-electron chi connectivity index (χ1n) is 6.64. The lowest BCUT2D eigenvalue weighted by atomic mass is 10.1. The topological polar surface area (TPSA) is 24.7 Å². The Hall–Kier alpha value is -2.19. The highest BCUT2D eigenvalue weighted by atomic mass is 35.5. The Morgan fingerprint density at radius 2 is 1.38 bits per heavy atom. The molecule has 0 radical (unpaired) electrons. The summed E-state index contributed by atoms with van der Waals surface area (Å²) in [4.78, 5) is 8.39. The Morgan fingerprint density at radius 3 is 1.81 bits per heavy atom. The summed E-state index contributed by atoms with van der Waals surface area (Å²) in [6.45, 7) is 9.42. The molecule has 0 saturated heterocycles. The zero-order valence-electron chi connectivity index (χ0n) is 12.2. The second-order valence-corrected chi connectivity index (χ2v) is 4.57. The van der Waals surface area contributed by atoms with Gasteiger partial charge >= 0.3 is 0 Å². The van der Waals surface area contributed by atoms with Gasteiger partial charge in [0, 0.05) is 11.4 Å². The molecule has 0 spiro atoms. The van der Waals surface area contributed by atoms with Crippen LogP contribution >= 0.6 is 11.6 Å². The first-order valence-corrected chi connectivity index (χ1v) is 7.17. The van der Waals surface area contributed by atoms with E-state index in [1.807, 2.05) is 67.6 Å². The van der Waals surface area contributed by atoms with E-state index in [4.69, 9.17) is 11.6 Å². The average molecular weight is 299 g/mol. The van der Waals surface area contributed by atoms with Crippen LogP contribution in [0, 0.1) is 0 Å². The summed E-state index contributed by atoms with van der Waals surface area (Å²) < 4.78 is 0. The van der Waals surface area contributed by atoms with Crippen LogP contribution < -0.4 is 0 Å². The molecule has 0 aliphatic heterocycles. The van der Waals surface area contributed by atoms with Crippen molar-refractivity contribution >= 4 is 29.9 Å². The minimum absolute atomic E-state index is 0.587. The maximum atomic E-state index is 5.00. The zero-order valence-corrected chi connectivity index (χ0v) is 12.9. The van der Waals surface area contributed by atoms with E-state index in [0.29, 0.717) is 11.5 Å². The van der Waals surface area contributed by atoms with Crippen LogP contribution in [0.1, 0.15) is 18.1 Å². The van der Waals surface area contributed by atoms with E-state index in [1.54, 1.807) is 0 Å². The number of aliphatic imine (C=N–C) groups is 2. The minimum Gasteiger partial charge on any atom is -0.245 e. The first-order chi connectivity index (χ1) is 10.2. The zero-order chi connectivity index (χ0) is 15.5. The van der Waals surface area contributed by atoms with Gasteiger partial charge in [0.15, 0.2) is 5.84 Å². The Morgan fingerprint density at radius 1 is 0.952 bits per heavy atom. The van der Waals surface area contributed by atoms with E-state index in [0.717, 1.165) is 17.0 Å². The van der Waals surface area contributed by atoms with Gasteiger partial charge in [-0.1, -0.05) is 74.2 Å². The highest BCUT2D eigenvalue weighted by Gasteiger charge is 2.02. The van der Waals surface area contributed by atoms with Crippen molar-refractivity contribution in [3.8, 4) is 0 Å². The number of nitrogens with zero attached hydrogens (tertiary/aromatic N) is 2. The van der Waals surface area contributed by atoms with Gasteiger partial charge in [-0.3, -0.25) is 0 Å². The number of alkyl halides is 1. The number of halogens is 1. The molecule has 0 aromatic heterocycles. The predicted molar refractivity (Wildman–Crippen MR) is 94.4 cm³/mol. The third-order valence-corrected chi connectivity index (χ3v) is 2.53. The number of rotatable bonds is 3. The third kappa shape index (κ3) is 5.76. The SMILES string of the molecule is C=NC(=NC(=C)c1ccccc1)c1ccccc1.CCCl. The van der Waals surface area contributed by atoms with E-state index in [1.165, 1.54) is 0 Å². The number of hydrogen-bond donors (Lipinski definition) is 0. The highest BCUT2D eigenvalue weighted by Crippen LogP contribution is 2.15. The number of benzene rings is 2. The van der Waals surface area contributed by atoms with Crippen molar-refractivity contribution in [1.29, 1.82) is 0 Å². The van der Waals surface area contributed by atoms with Crippen molar-refractivity contribution in [3.63, 3.8) is 0 Å². The molecule has 2 aromatic rings. The van der Waals surface area contributed by atoms with Crippen molar-refractivity contribution in [2.24, 2.45) is 9.98 Å². The van der Waals surface area contributed by atoms with Crippen LogP contribution in [-0.4, -0.2) is 18.4 Å². The third-order valence-electron chi connectivity index (χ3n) is 2.53. The molecule has 0 bridgehead atoms. The first kappa shape index (κ1) is 16.9. The summed E-state index contributed by atoms with van der Waals surface area (Å²) in [6.07, 6.45) is 0. The molecule has 0 heterocycles. The molecule has 0 atom stereocenters. The summed E-state index contributed by atoms with van der Waals surface area (Å²) in [5.74, 6) is 1.31. The summed E-state index contributed by atoms with van der Waals surface area (Å²) in [5, 5.41) is 0. The standard InChI is InChI=1S/C16H14N2.C2H5Cl/c1-13(14-9-5-3-6-10-14)18-16(17-2)15-11-7-4-8-12-15;1-2-3/h3-12H,1-2H2;2H2,1H3. The molecule has 3 heteroatoms. The molecule has 2 nitrogen and oxygen atoms in total. The van der Waals surface area contributed by atoms with Crippen LogP contribution in [0.15, 0.2) is 77.2 Å². The van der Waals surface area contributed by atoms with E-state index >= 15 is 0 Å². The van der Waals surface area contributed by atoms with Crippen molar-refractivity contribution in [2.75, 3.05) is 5.88 Å². The number of amidine groups is 1.